The van der Waals surface area contributed by atoms with Crippen molar-refractivity contribution in [3.05, 3.63) is 64.2 Å². The molecule has 1 saturated heterocycles. The van der Waals surface area contributed by atoms with Crippen LogP contribution >= 0.6 is 0 Å². The smallest absolute Gasteiger partial charge is 0.270 e. The van der Waals surface area contributed by atoms with Crippen molar-refractivity contribution < 1.29 is 22.7 Å². The first-order valence-corrected chi connectivity index (χ1v) is 11.7. The molecule has 1 amide bonds. The van der Waals surface area contributed by atoms with Crippen LogP contribution in [0.4, 0.5) is 0 Å². The molecular formula is C22H24N4O6S. The van der Waals surface area contributed by atoms with Crippen molar-refractivity contribution in [1.82, 2.24) is 18.6 Å². The molecule has 3 aromatic rings. The van der Waals surface area contributed by atoms with Crippen molar-refractivity contribution in [3.63, 3.8) is 0 Å². The molecule has 0 atom stereocenters. The first-order valence-electron chi connectivity index (χ1n) is 10.3. The average Bonchev–Trinajstić information content (AvgIpc) is 2.84. The number of rotatable bonds is 5. The Morgan fingerprint density at radius 1 is 1.03 bits per heavy atom. The first kappa shape index (κ1) is 22.7. The highest BCUT2D eigenvalue weighted by Gasteiger charge is 2.33. The van der Waals surface area contributed by atoms with Crippen molar-refractivity contribution in [2.45, 2.75) is 11.8 Å². The molecule has 0 spiro atoms. The van der Waals surface area contributed by atoms with Gasteiger partial charge in [0.25, 0.3) is 11.5 Å². The van der Waals surface area contributed by atoms with Gasteiger partial charge in [-0.25, -0.2) is 13.4 Å². The minimum absolute atomic E-state index is 0.00327. The van der Waals surface area contributed by atoms with Gasteiger partial charge in [-0.2, -0.15) is 4.31 Å². The summed E-state index contributed by atoms with van der Waals surface area (Å²) in [7, 11) is -1.03. The molecule has 1 fully saturated rings. The van der Waals surface area contributed by atoms with Crippen LogP contribution < -0.4 is 15.0 Å². The fourth-order valence-electron chi connectivity index (χ4n) is 3.76. The highest BCUT2D eigenvalue weighted by molar-refractivity contribution is 7.89. The van der Waals surface area contributed by atoms with Crippen LogP contribution in [0, 0.1) is 6.92 Å². The Morgan fingerprint density at radius 2 is 1.76 bits per heavy atom. The Bertz CT molecular complexity index is 1380. The normalized spacial score (nSPS) is 14.9. The van der Waals surface area contributed by atoms with E-state index in [2.05, 4.69) is 4.98 Å². The van der Waals surface area contributed by atoms with Crippen LogP contribution in [0.3, 0.4) is 0 Å². The molecule has 1 aliphatic rings. The summed E-state index contributed by atoms with van der Waals surface area (Å²) in [6.07, 6.45) is 2.91. The van der Waals surface area contributed by atoms with Gasteiger partial charge in [0.1, 0.15) is 27.6 Å². The molecule has 174 valence electrons. The molecule has 4 rings (SSSR count). The van der Waals surface area contributed by atoms with Gasteiger partial charge in [-0.3, -0.25) is 14.0 Å². The third-order valence-electron chi connectivity index (χ3n) is 5.59. The number of nitrogens with zero attached hydrogens (tertiary/aromatic N) is 4. The second-order valence-electron chi connectivity index (χ2n) is 7.62. The SMILES string of the molecule is COc1ccc(OC)c(S(=O)(=O)N2CCN(C(=O)c3cnc4ccc(C)cn4c3=O)CC2)c1. The van der Waals surface area contributed by atoms with Crippen LogP contribution in [-0.2, 0) is 10.0 Å². The molecule has 33 heavy (non-hydrogen) atoms. The summed E-state index contributed by atoms with van der Waals surface area (Å²) in [5, 5.41) is 0. The van der Waals surface area contributed by atoms with Gasteiger partial charge in [-0.05, 0) is 30.7 Å². The number of pyridine rings is 1. The van der Waals surface area contributed by atoms with E-state index < -0.39 is 21.5 Å². The van der Waals surface area contributed by atoms with Crippen molar-refractivity contribution in [2.75, 3.05) is 40.4 Å². The minimum Gasteiger partial charge on any atom is -0.497 e. The van der Waals surface area contributed by atoms with E-state index in [-0.39, 0.29) is 42.4 Å². The summed E-state index contributed by atoms with van der Waals surface area (Å²) in [5.41, 5.74) is 0.807. The maximum atomic E-state index is 13.2. The highest BCUT2D eigenvalue weighted by Crippen LogP contribution is 2.31. The predicted octanol–water partition coefficient (Wildman–Crippen LogP) is 1.17. The number of hydrogen-bond donors (Lipinski definition) is 0. The molecule has 0 bridgehead atoms. The minimum atomic E-state index is -3.88. The number of carbonyl (C=O) groups excluding carboxylic acids is 1. The van der Waals surface area contributed by atoms with Crippen LogP contribution in [0.2, 0.25) is 0 Å². The maximum absolute atomic E-state index is 13.2. The monoisotopic (exact) mass is 472 g/mol. The lowest BCUT2D eigenvalue weighted by molar-refractivity contribution is 0.0695. The van der Waals surface area contributed by atoms with E-state index in [0.29, 0.717) is 11.4 Å². The number of ether oxygens (including phenoxy) is 2. The predicted molar refractivity (Wildman–Crippen MR) is 120 cm³/mol. The molecule has 0 radical (unpaired) electrons. The summed E-state index contributed by atoms with van der Waals surface area (Å²) in [6, 6.07) is 8.11. The Hall–Kier alpha value is -3.44. The summed E-state index contributed by atoms with van der Waals surface area (Å²) in [5.74, 6) is 0.127. The second kappa shape index (κ2) is 8.83. The fraction of sp³-hybridized carbons (Fsp3) is 0.318. The third-order valence-corrected chi connectivity index (χ3v) is 7.51. The van der Waals surface area contributed by atoms with Crippen LogP contribution in [-0.4, -0.2) is 73.3 Å². The largest absolute Gasteiger partial charge is 0.497 e. The van der Waals surface area contributed by atoms with E-state index in [4.69, 9.17) is 9.47 Å². The molecule has 1 aliphatic heterocycles. The van der Waals surface area contributed by atoms with Crippen molar-refractivity contribution >= 4 is 21.6 Å². The number of benzene rings is 1. The third kappa shape index (κ3) is 4.16. The van der Waals surface area contributed by atoms with Gasteiger partial charge in [-0.1, -0.05) is 6.07 Å². The van der Waals surface area contributed by atoms with Crippen molar-refractivity contribution in [3.8, 4) is 11.5 Å². The van der Waals surface area contributed by atoms with Crippen LogP contribution in [0.5, 0.6) is 11.5 Å². The number of carbonyl (C=O) groups is 1. The average molecular weight is 473 g/mol. The molecule has 2 aromatic heterocycles. The first-order chi connectivity index (χ1) is 15.8. The number of piperazine rings is 1. The Balaban J connectivity index is 1.55. The van der Waals surface area contributed by atoms with E-state index in [1.807, 2.05) is 13.0 Å². The number of fused-ring (bicyclic) bond motifs is 1. The molecule has 0 N–H and O–H groups in total. The molecule has 0 saturated carbocycles. The number of aryl methyl sites for hydroxylation is 1. The summed E-state index contributed by atoms with van der Waals surface area (Å²) >= 11 is 0. The number of amides is 1. The Kier molecular flexibility index (Phi) is 6.09. The second-order valence-corrected chi connectivity index (χ2v) is 9.53. The number of aromatic nitrogens is 2. The highest BCUT2D eigenvalue weighted by atomic mass is 32.2. The summed E-state index contributed by atoms with van der Waals surface area (Å²) < 4.78 is 39.5. The van der Waals surface area contributed by atoms with Crippen LogP contribution in [0.1, 0.15) is 15.9 Å². The van der Waals surface area contributed by atoms with Crippen molar-refractivity contribution in [1.29, 1.82) is 0 Å². The van der Waals surface area contributed by atoms with E-state index in [0.717, 1.165) is 5.56 Å². The molecule has 10 nitrogen and oxygen atoms in total. The number of hydrogen-bond acceptors (Lipinski definition) is 7. The fourth-order valence-corrected chi connectivity index (χ4v) is 5.35. The van der Waals surface area contributed by atoms with Gasteiger partial charge >= 0.3 is 0 Å². The lowest BCUT2D eigenvalue weighted by atomic mass is 10.2. The van der Waals surface area contributed by atoms with E-state index in [1.54, 1.807) is 18.3 Å². The van der Waals surface area contributed by atoms with Gasteiger partial charge in [-0.15, -0.1) is 0 Å². The number of sulfonamides is 1. The Labute approximate surface area is 191 Å². The van der Waals surface area contributed by atoms with E-state index in [9.17, 15) is 18.0 Å². The molecule has 0 unspecified atom stereocenters. The molecule has 1 aromatic carbocycles. The summed E-state index contributed by atoms with van der Waals surface area (Å²) in [6.45, 7) is 2.28. The standard InChI is InChI=1S/C22H24N4O6S/c1-15-4-7-20-23-13-17(22(28)26(20)14-15)21(27)24-8-10-25(11-9-24)33(29,30)19-12-16(31-2)5-6-18(19)32-3/h4-7,12-14H,8-11H2,1-3H3. The van der Waals surface area contributed by atoms with Crippen molar-refractivity contribution in [2.24, 2.45) is 0 Å². The molecule has 11 heteroatoms. The van der Waals surface area contributed by atoms with Gasteiger partial charge in [0.05, 0.1) is 14.2 Å². The summed E-state index contributed by atoms with van der Waals surface area (Å²) in [4.78, 5) is 31.6. The van der Waals surface area contributed by atoms with E-state index >= 15 is 0 Å². The van der Waals surface area contributed by atoms with E-state index in [1.165, 1.54) is 46.2 Å². The van der Waals surface area contributed by atoms with Crippen LogP contribution in [0.25, 0.3) is 5.65 Å². The Morgan fingerprint density at radius 3 is 2.42 bits per heavy atom. The topological polar surface area (TPSA) is 111 Å². The molecule has 3 heterocycles. The zero-order chi connectivity index (χ0) is 23.8. The zero-order valence-electron chi connectivity index (χ0n) is 18.5. The van der Waals surface area contributed by atoms with Gasteiger partial charge in [0, 0.05) is 44.6 Å². The zero-order valence-corrected chi connectivity index (χ0v) is 19.3. The van der Waals surface area contributed by atoms with Gasteiger partial charge in [0.15, 0.2) is 0 Å². The lowest BCUT2D eigenvalue weighted by Crippen LogP contribution is -2.51. The number of methoxy groups -OCH3 is 2. The maximum Gasteiger partial charge on any atom is 0.270 e. The quantitative estimate of drug-likeness (QED) is 0.548. The molecular weight excluding hydrogens is 448 g/mol. The lowest BCUT2D eigenvalue weighted by Gasteiger charge is -2.34. The van der Waals surface area contributed by atoms with Crippen LogP contribution in [0.15, 0.2) is 52.4 Å². The van der Waals surface area contributed by atoms with Gasteiger partial charge < -0.3 is 14.4 Å². The molecule has 0 aliphatic carbocycles. The van der Waals surface area contributed by atoms with Gasteiger partial charge in [0.2, 0.25) is 10.0 Å².